The van der Waals surface area contributed by atoms with Crippen molar-refractivity contribution in [3.8, 4) is 0 Å². The van der Waals surface area contributed by atoms with Crippen LogP contribution in [0.1, 0.15) is 6.92 Å². The van der Waals surface area contributed by atoms with Gasteiger partial charge in [0.25, 0.3) is 0 Å². The minimum atomic E-state index is -3.74. The molecule has 0 aliphatic carbocycles. The van der Waals surface area contributed by atoms with Crippen molar-refractivity contribution >= 4 is 5.91 Å². The van der Waals surface area contributed by atoms with Gasteiger partial charge in [-0.25, -0.2) is 0 Å². The highest BCUT2D eigenvalue weighted by Crippen LogP contribution is 2.16. The van der Waals surface area contributed by atoms with E-state index in [1.165, 1.54) is 6.92 Å². The lowest BCUT2D eigenvalue weighted by Gasteiger charge is -2.01. The third-order valence-electron chi connectivity index (χ3n) is 0.744. The molecule has 1 amide bonds. The first-order chi connectivity index (χ1) is 4.54. The third-order valence-corrected chi connectivity index (χ3v) is 0.744. The molecule has 0 atom stereocenters. The van der Waals surface area contributed by atoms with Gasteiger partial charge in [-0.1, -0.05) is 6.08 Å². The van der Waals surface area contributed by atoms with Crippen molar-refractivity contribution in [2.75, 3.05) is 0 Å². The quantitative estimate of drug-likeness (QED) is 0.441. The van der Waals surface area contributed by atoms with E-state index in [0.717, 1.165) is 6.08 Å². The van der Waals surface area contributed by atoms with Crippen LogP contribution in [0.3, 0.4) is 0 Å². The van der Waals surface area contributed by atoms with E-state index in [2.05, 4.69) is 0 Å². The highest BCUT2D eigenvalue weighted by atomic mass is 19.3. The number of amides is 1. The Bertz CT molecular complexity index is 176. The number of hydrogen-bond acceptors (Lipinski definition) is 2. The zero-order valence-corrected chi connectivity index (χ0v) is 5.17. The van der Waals surface area contributed by atoms with Crippen molar-refractivity contribution in [2.24, 2.45) is 5.18 Å². The molecule has 0 N–H and O–H groups in total. The Morgan fingerprint density at radius 3 is 2.40 bits per heavy atom. The summed E-state index contributed by atoms with van der Waals surface area (Å²) in [6.45, 7) is 1.31. The van der Waals surface area contributed by atoms with Crippen molar-refractivity contribution in [1.82, 2.24) is 0 Å². The Morgan fingerprint density at radius 2 is 2.10 bits per heavy atom. The molecule has 0 aromatic rings. The Balaban J connectivity index is 4.38. The first-order valence-corrected chi connectivity index (χ1v) is 2.44. The van der Waals surface area contributed by atoms with Gasteiger partial charge in [-0.15, -0.1) is 4.91 Å². The summed E-state index contributed by atoms with van der Waals surface area (Å²) in [4.78, 5) is 19.3. The van der Waals surface area contributed by atoms with Crippen LogP contribution in [0.25, 0.3) is 0 Å². The number of halogens is 2. The second kappa shape index (κ2) is 3.14. The molecule has 0 aromatic carbocycles. The molecular formula is C5H5F2NO2. The number of hydrogen-bond donors (Lipinski definition) is 0. The molecular weight excluding hydrogens is 144 g/mol. The molecule has 0 aliphatic rings. The van der Waals surface area contributed by atoms with Crippen LogP contribution in [-0.2, 0) is 4.79 Å². The van der Waals surface area contributed by atoms with Crippen LogP contribution in [0.5, 0.6) is 0 Å². The highest BCUT2D eigenvalue weighted by molar-refractivity contribution is 5.85. The zero-order valence-electron chi connectivity index (χ0n) is 5.17. The summed E-state index contributed by atoms with van der Waals surface area (Å²) in [5.41, 5.74) is 0. The summed E-state index contributed by atoms with van der Waals surface area (Å²) in [7, 11) is 0. The summed E-state index contributed by atoms with van der Waals surface area (Å²) < 4.78 is 24.2. The fraction of sp³-hybridized carbons (Fsp3) is 0.400. The summed E-state index contributed by atoms with van der Waals surface area (Å²) in [6.07, 6.45) is 1.29. The van der Waals surface area contributed by atoms with E-state index >= 15 is 0 Å². The smallest absolute Gasteiger partial charge is 0.262 e. The number of carbonyl (C=O) groups excluding carboxylic acids is 1. The molecule has 10 heavy (non-hydrogen) atoms. The molecule has 0 bridgehead atoms. The topological polar surface area (TPSA) is 46.5 Å². The maximum absolute atomic E-state index is 12.1. The van der Waals surface area contributed by atoms with Gasteiger partial charge in [0.1, 0.15) is 0 Å². The lowest BCUT2D eigenvalue weighted by molar-refractivity contribution is -0.135. The van der Waals surface area contributed by atoms with E-state index in [-0.39, 0.29) is 0 Å². The van der Waals surface area contributed by atoms with Crippen molar-refractivity contribution in [1.29, 1.82) is 0 Å². The Labute approximate surface area is 55.7 Å². The summed E-state index contributed by atoms with van der Waals surface area (Å²) in [6, 6.07) is 0. The Morgan fingerprint density at radius 1 is 1.60 bits per heavy atom. The number of nitrogens with zero attached hydrogens (tertiary/aromatic N) is 1. The predicted molar refractivity (Wildman–Crippen MR) is 30.6 cm³/mol. The van der Waals surface area contributed by atoms with E-state index in [9.17, 15) is 18.5 Å². The average Bonchev–Trinajstić information content (AvgIpc) is 1.86. The van der Waals surface area contributed by atoms with Gasteiger partial charge in [0, 0.05) is 5.18 Å². The SMILES string of the molecule is C/C=C/C(F)(F)C(=O)N=O. The second-order valence-corrected chi connectivity index (χ2v) is 1.52. The van der Waals surface area contributed by atoms with Gasteiger partial charge in [-0.3, -0.25) is 4.79 Å². The van der Waals surface area contributed by atoms with Crippen molar-refractivity contribution in [3.05, 3.63) is 17.1 Å². The van der Waals surface area contributed by atoms with E-state index in [0.29, 0.717) is 6.08 Å². The molecule has 0 saturated carbocycles. The molecule has 0 heterocycles. The van der Waals surface area contributed by atoms with Crippen LogP contribution in [0.4, 0.5) is 8.78 Å². The second-order valence-electron chi connectivity index (χ2n) is 1.52. The molecule has 56 valence electrons. The first kappa shape index (κ1) is 8.87. The van der Waals surface area contributed by atoms with Gasteiger partial charge < -0.3 is 0 Å². The van der Waals surface area contributed by atoms with E-state index in [1.54, 1.807) is 5.18 Å². The summed E-state index contributed by atoms with van der Waals surface area (Å²) in [5, 5.41) is 1.59. The van der Waals surface area contributed by atoms with E-state index < -0.39 is 11.8 Å². The molecule has 0 aliphatic heterocycles. The molecule has 0 spiro atoms. The maximum Gasteiger partial charge on any atom is 0.359 e. The average molecular weight is 149 g/mol. The lowest BCUT2D eigenvalue weighted by atomic mass is 10.3. The van der Waals surface area contributed by atoms with Crippen LogP contribution in [-0.4, -0.2) is 11.8 Å². The molecule has 0 fully saturated rings. The molecule has 0 rings (SSSR count). The number of allylic oxidation sites excluding steroid dienone is 1. The summed E-state index contributed by atoms with van der Waals surface area (Å²) >= 11 is 0. The maximum atomic E-state index is 12.1. The van der Waals surface area contributed by atoms with Gasteiger partial charge in [-0.2, -0.15) is 8.78 Å². The monoisotopic (exact) mass is 149 g/mol. The third kappa shape index (κ3) is 2.00. The van der Waals surface area contributed by atoms with Crippen LogP contribution >= 0.6 is 0 Å². The fourth-order valence-corrected chi connectivity index (χ4v) is 0.341. The lowest BCUT2D eigenvalue weighted by Crippen LogP contribution is -2.23. The van der Waals surface area contributed by atoms with Crippen LogP contribution < -0.4 is 0 Å². The number of rotatable bonds is 2. The van der Waals surface area contributed by atoms with E-state index in [1.807, 2.05) is 0 Å². The molecule has 3 nitrogen and oxygen atoms in total. The van der Waals surface area contributed by atoms with Gasteiger partial charge >= 0.3 is 11.8 Å². The van der Waals surface area contributed by atoms with Gasteiger partial charge in [0.05, 0.1) is 0 Å². The van der Waals surface area contributed by atoms with Crippen LogP contribution in [0.2, 0.25) is 0 Å². The minimum Gasteiger partial charge on any atom is -0.262 e. The van der Waals surface area contributed by atoms with Gasteiger partial charge in [-0.05, 0) is 13.0 Å². The van der Waals surface area contributed by atoms with Gasteiger partial charge in [0.2, 0.25) is 0 Å². The Hall–Kier alpha value is -1.13. The van der Waals surface area contributed by atoms with Crippen molar-refractivity contribution in [2.45, 2.75) is 12.8 Å². The van der Waals surface area contributed by atoms with Crippen molar-refractivity contribution in [3.63, 3.8) is 0 Å². The van der Waals surface area contributed by atoms with Crippen LogP contribution in [0, 0.1) is 4.91 Å². The van der Waals surface area contributed by atoms with Gasteiger partial charge in [0.15, 0.2) is 0 Å². The highest BCUT2D eigenvalue weighted by Gasteiger charge is 2.36. The molecule has 0 unspecified atom stereocenters. The largest absolute Gasteiger partial charge is 0.359 e. The predicted octanol–water partition coefficient (Wildman–Crippen LogP) is 1.49. The normalized spacial score (nSPS) is 11.9. The number of alkyl halides is 2. The summed E-state index contributed by atoms with van der Waals surface area (Å²) in [5.74, 6) is -5.71. The van der Waals surface area contributed by atoms with E-state index in [4.69, 9.17) is 0 Å². The first-order valence-electron chi connectivity index (χ1n) is 2.44. The standard InChI is InChI=1S/C5H5F2NO2/c1-2-3-5(6,7)4(9)8-10/h2-3H,1H3/b3-2+. The van der Waals surface area contributed by atoms with Crippen molar-refractivity contribution < 1.29 is 13.6 Å². The molecule has 0 saturated heterocycles. The fourth-order valence-electron chi connectivity index (χ4n) is 0.341. The molecule has 0 radical (unpaired) electrons. The minimum absolute atomic E-state index is 0.316. The zero-order chi connectivity index (χ0) is 8.20. The Kier molecular flexibility index (Phi) is 2.79. The van der Waals surface area contributed by atoms with Crippen LogP contribution in [0.15, 0.2) is 17.3 Å². The molecule has 0 aromatic heterocycles. The molecule has 5 heteroatoms. The number of nitroso groups, excluding NO2 is 1. The number of carbonyl (C=O) groups is 1.